The number of nitrogens with zero attached hydrogens (tertiary/aromatic N) is 4. The molecule has 2 aromatic heterocycles. The summed E-state index contributed by atoms with van der Waals surface area (Å²) in [4.78, 5) is 17.9. The van der Waals surface area contributed by atoms with Gasteiger partial charge < -0.3 is 14.6 Å². The Labute approximate surface area is 181 Å². The van der Waals surface area contributed by atoms with Gasteiger partial charge in [-0.25, -0.2) is 8.78 Å². The van der Waals surface area contributed by atoms with Crippen molar-refractivity contribution in [2.24, 2.45) is 0 Å². The van der Waals surface area contributed by atoms with Crippen LogP contribution in [0.4, 0.5) is 8.78 Å². The predicted molar refractivity (Wildman–Crippen MR) is 112 cm³/mol. The van der Waals surface area contributed by atoms with Gasteiger partial charge in [-0.15, -0.1) is 10.2 Å². The van der Waals surface area contributed by atoms with Crippen LogP contribution in [0.1, 0.15) is 28.9 Å². The van der Waals surface area contributed by atoms with Gasteiger partial charge in [0.1, 0.15) is 17.3 Å². The van der Waals surface area contributed by atoms with Gasteiger partial charge in [-0.1, -0.05) is 12.1 Å². The van der Waals surface area contributed by atoms with Crippen molar-refractivity contribution in [3.05, 3.63) is 65.4 Å². The lowest BCUT2D eigenvalue weighted by Gasteiger charge is -2.31. The molecule has 1 aliphatic heterocycles. The number of hydrogen-bond donors (Lipinski definition) is 2. The third kappa shape index (κ3) is 3.96. The Bertz CT molecular complexity index is 1230. The van der Waals surface area contributed by atoms with Gasteiger partial charge in [0, 0.05) is 24.0 Å². The molecule has 0 spiro atoms. The SMILES string of the molecule is O=C(c1cc2c(-c3nn[nH]n3)c(F)ccc2[nH]1)N1CCC(OCc2ccc(F)cc2)CC1. The van der Waals surface area contributed by atoms with Crippen LogP contribution in [0.5, 0.6) is 0 Å². The molecule has 1 amide bonds. The molecule has 8 nitrogen and oxygen atoms in total. The van der Waals surface area contributed by atoms with Crippen molar-refractivity contribution in [3.63, 3.8) is 0 Å². The van der Waals surface area contributed by atoms with Crippen LogP contribution in [0.3, 0.4) is 0 Å². The molecule has 2 aromatic carbocycles. The summed E-state index contributed by atoms with van der Waals surface area (Å²) in [5.41, 5.74) is 2.10. The van der Waals surface area contributed by atoms with Crippen molar-refractivity contribution in [1.82, 2.24) is 30.5 Å². The Morgan fingerprint density at radius 2 is 1.91 bits per heavy atom. The molecular formula is C22H20F2N6O2. The Kier molecular flexibility index (Phi) is 5.36. The topological polar surface area (TPSA) is 99.8 Å². The van der Waals surface area contributed by atoms with Crippen LogP contribution < -0.4 is 0 Å². The van der Waals surface area contributed by atoms with Crippen LogP contribution in [-0.4, -0.2) is 55.6 Å². The van der Waals surface area contributed by atoms with Crippen LogP contribution in [0.2, 0.25) is 0 Å². The average Bonchev–Trinajstić information content (AvgIpc) is 3.49. The minimum atomic E-state index is -0.490. The number of hydrogen-bond acceptors (Lipinski definition) is 5. The van der Waals surface area contributed by atoms with E-state index in [0.29, 0.717) is 49.1 Å². The summed E-state index contributed by atoms with van der Waals surface area (Å²) in [6.45, 7) is 1.51. The number of tetrazole rings is 1. The third-order valence-corrected chi connectivity index (χ3v) is 5.68. The summed E-state index contributed by atoms with van der Waals surface area (Å²) in [5, 5.41) is 14.1. The van der Waals surface area contributed by atoms with E-state index in [2.05, 4.69) is 25.6 Å². The highest BCUT2D eigenvalue weighted by molar-refractivity contribution is 6.02. The quantitative estimate of drug-likeness (QED) is 0.497. The lowest BCUT2D eigenvalue weighted by molar-refractivity contribution is -0.000502. The number of benzene rings is 2. The Hall–Kier alpha value is -3.66. The van der Waals surface area contributed by atoms with Crippen LogP contribution in [0, 0.1) is 11.6 Å². The fourth-order valence-electron chi connectivity index (χ4n) is 3.98. The van der Waals surface area contributed by atoms with E-state index in [0.717, 1.165) is 5.56 Å². The number of piperidine rings is 1. The zero-order chi connectivity index (χ0) is 22.1. The van der Waals surface area contributed by atoms with Crippen LogP contribution in [0.25, 0.3) is 22.3 Å². The number of nitrogens with one attached hydrogen (secondary N) is 2. The molecule has 2 N–H and O–H groups in total. The summed E-state index contributed by atoms with van der Waals surface area (Å²) in [6, 6.07) is 10.8. The van der Waals surface area contributed by atoms with E-state index >= 15 is 0 Å². The zero-order valence-corrected chi connectivity index (χ0v) is 17.0. The third-order valence-electron chi connectivity index (χ3n) is 5.68. The maximum Gasteiger partial charge on any atom is 0.270 e. The zero-order valence-electron chi connectivity index (χ0n) is 17.0. The van der Waals surface area contributed by atoms with E-state index < -0.39 is 5.82 Å². The van der Waals surface area contributed by atoms with E-state index in [4.69, 9.17) is 4.74 Å². The fourth-order valence-corrected chi connectivity index (χ4v) is 3.98. The number of aromatic nitrogens is 5. The first kappa shape index (κ1) is 20.3. The second-order valence-electron chi connectivity index (χ2n) is 7.73. The van der Waals surface area contributed by atoms with E-state index in [-0.39, 0.29) is 29.2 Å². The van der Waals surface area contributed by atoms with Gasteiger partial charge in [0.2, 0.25) is 5.82 Å². The number of ether oxygens (including phenoxy) is 1. The van der Waals surface area contributed by atoms with Crippen molar-refractivity contribution < 1.29 is 18.3 Å². The first-order chi connectivity index (χ1) is 15.6. The first-order valence-electron chi connectivity index (χ1n) is 10.3. The van der Waals surface area contributed by atoms with Gasteiger partial charge in [0.15, 0.2) is 0 Å². The highest BCUT2D eigenvalue weighted by Gasteiger charge is 2.26. The van der Waals surface area contributed by atoms with E-state index in [1.54, 1.807) is 29.2 Å². The number of halogens is 2. The number of carbonyl (C=O) groups excluding carboxylic acids is 1. The molecular weight excluding hydrogens is 418 g/mol. The van der Waals surface area contributed by atoms with Crippen molar-refractivity contribution >= 4 is 16.8 Å². The summed E-state index contributed by atoms with van der Waals surface area (Å²) in [7, 11) is 0. The van der Waals surface area contributed by atoms with Gasteiger partial charge in [0.25, 0.3) is 5.91 Å². The monoisotopic (exact) mass is 438 g/mol. The summed E-state index contributed by atoms with van der Waals surface area (Å²) >= 11 is 0. The number of likely N-dealkylation sites (tertiary alicyclic amines) is 1. The van der Waals surface area contributed by atoms with Gasteiger partial charge in [-0.3, -0.25) is 4.79 Å². The van der Waals surface area contributed by atoms with E-state index in [1.165, 1.54) is 18.2 Å². The average molecular weight is 438 g/mol. The van der Waals surface area contributed by atoms with Crippen molar-refractivity contribution in [3.8, 4) is 11.4 Å². The number of amides is 1. The smallest absolute Gasteiger partial charge is 0.270 e. The normalized spacial score (nSPS) is 14.9. The Balaban J connectivity index is 1.25. The second-order valence-corrected chi connectivity index (χ2v) is 7.73. The van der Waals surface area contributed by atoms with E-state index in [9.17, 15) is 13.6 Å². The molecule has 0 radical (unpaired) electrons. The molecule has 0 saturated carbocycles. The predicted octanol–water partition coefficient (Wildman–Crippen LogP) is 3.45. The Morgan fingerprint density at radius 1 is 1.12 bits per heavy atom. The molecule has 1 saturated heterocycles. The number of carbonyl (C=O) groups is 1. The maximum absolute atomic E-state index is 14.4. The summed E-state index contributed by atoms with van der Waals surface area (Å²) < 4.78 is 33.4. The largest absolute Gasteiger partial charge is 0.373 e. The van der Waals surface area contributed by atoms with Crippen LogP contribution in [-0.2, 0) is 11.3 Å². The number of rotatable bonds is 5. The molecule has 1 fully saturated rings. The number of H-pyrrole nitrogens is 2. The molecule has 32 heavy (non-hydrogen) atoms. The molecule has 164 valence electrons. The van der Waals surface area contributed by atoms with Gasteiger partial charge >= 0.3 is 0 Å². The fraction of sp³-hybridized carbons (Fsp3) is 0.273. The lowest BCUT2D eigenvalue weighted by Crippen LogP contribution is -2.41. The van der Waals surface area contributed by atoms with Gasteiger partial charge in [-0.05, 0) is 54.0 Å². The van der Waals surface area contributed by atoms with Gasteiger partial charge in [0.05, 0.1) is 18.3 Å². The molecule has 0 aliphatic carbocycles. The summed E-state index contributed by atoms with van der Waals surface area (Å²) in [6.07, 6.45) is 1.44. The van der Waals surface area contributed by atoms with Crippen LogP contribution >= 0.6 is 0 Å². The lowest BCUT2D eigenvalue weighted by atomic mass is 10.1. The molecule has 1 aliphatic rings. The molecule has 0 atom stereocenters. The molecule has 5 rings (SSSR count). The molecule has 0 bridgehead atoms. The second kappa shape index (κ2) is 8.46. The highest BCUT2D eigenvalue weighted by Crippen LogP contribution is 2.30. The first-order valence-corrected chi connectivity index (χ1v) is 10.3. The standard InChI is InChI=1S/C22H20F2N6O2/c23-14-3-1-13(2-4-14)12-32-15-7-9-30(10-8-15)22(31)19-11-16-18(25-19)6-5-17(24)20(16)21-26-28-29-27-21/h1-6,11,15,25H,7-10,12H2,(H,26,27,28,29). The molecule has 3 heterocycles. The van der Waals surface area contributed by atoms with Gasteiger partial charge in [-0.2, -0.15) is 5.21 Å². The van der Waals surface area contributed by atoms with E-state index in [1.807, 2.05) is 0 Å². The molecule has 0 unspecified atom stereocenters. The van der Waals surface area contributed by atoms with Crippen molar-refractivity contribution in [2.75, 3.05) is 13.1 Å². The molecule has 4 aromatic rings. The number of aromatic amines is 2. The highest BCUT2D eigenvalue weighted by atomic mass is 19.1. The number of fused-ring (bicyclic) bond motifs is 1. The summed E-state index contributed by atoms with van der Waals surface area (Å²) in [5.74, 6) is -0.788. The maximum atomic E-state index is 14.4. The van der Waals surface area contributed by atoms with Crippen LogP contribution in [0.15, 0.2) is 42.5 Å². The van der Waals surface area contributed by atoms with Crippen molar-refractivity contribution in [2.45, 2.75) is 25.6 Å². The minimum absolute atomic E-state index is 0.0331. The minimum Gasteiger partial charge on any atom is -0.373 e. The van der Waals surface area contributed by atoms with Crippen molar-refractivity contribution in [1.29, 1.82) is 0 Å². The Morgan fingerprint density at radius 3 is 2.62 bits per heavy atom. The molecule has 10 heteroatoms.